The molecule has 118 valence electrons. The monoisotopic (exact) mass is 302 g/mol. The highest BCUT2D eigenvalue weighted by atomic mass is 16.5. The molecule has 1 aromatic carbocycles. The van der Waals surface area contributed by atoms with E-state index in [1.165, 1.54) is 0 Å². The van der Waals surface area contributed by atoms with Crippen LogP contribution in [-0.2, 0) is 0 Å². The van der Waals surface area contributed by atoms with Gasteiger partial charge in [0, 0.05) is 11.6 Å². The summed E-state index contributed by atoms with van der Waals surface area (Å²) in [6, 6.07) is 5.59. The number of nitrogens with zero attached hydrogens (tertiary/aromatic N) is 2. The Labute approximate surface area is 130 Å². The molecule has 22 heavy (non-hydrogen) atoms. The Morgan fingerprint density at radius 3 is 2.45 bits per heavy atom. The summed E-state index contributed by atoms with van der Waals surface area (Å²) in [7, 11) is 0. The van der Waals surface area contributed by atoms with Gasteiger partial charge in [-0.25, -0.2) is 4.79 Å². The second kappa shape index (κ2) is 6.22. The van der Waals surface area contributed by atoms with Gasteiger partial charge in [-0.05, 0) is 63.9 Å². The van der Waals surface area contributed by atoms with E-state index in [0.717, 1.165) is 22.4 Å². The molecule has 1 N–H and O–H groups in total. The van der Waals surface area contributed by atoms with Gasteiger partial charge in [0.05, 0.1) is 12.3 Å². The van der Waals surface area contributed by atoms with Gasteiger partial charge in [-0.2, -0.15) is 5.10 Å². The zero-order valence-electron chi connectivity index (χ0n) is 13.7. The number of carbonyl (C=O) groups is 1. The number of aryl methyl sites for hydroxylation is 2. The molecule has 0 saturated carbocycles. The molecule has 2 aromatic rings. The van der Waals surface area contributed by atoms with Crippen molar-refractivity contribution in [2.75, 3.05) is 6.61 Å². The molecule has 1 aromatic heterocycles. The van der Waals surface area contributed by atoms with Gasteiger partial charge < -0.3 is 9.84 Å². The summed E-state index contributed by atoms with van der Waals surface area (Å²) in [4.78, 5) is 11.4. The predicted molar refractivity (Wildman–Crippen MR) is 85.7 cm³/mol. The Morgan fingerprint density at radius 2 is 1.95 bits per heavy atom. The van der Waals surface area contributed by atoms with E-state index in [2.05, 4.69) is 5.10 Å². The Hall–Kier alpha value is -2.30. The smallest absolute Gasteiger partial charge is 0.354 e. The maximum absolute atomic E-state index is 11.4. The number of hydrogen-bond acceptors (Lipinski definition) is 3. The van der Waals surface area contributed by atoms with Gasteiger partial charge in [0.25, 0.3) is 0 Å². The average molecular weight is 302 g/mol. The summed E-state index contributed by atoms with van der Waals surface area (Å²) < 4.78 is 7.14. The number of rotatable bonds is 5. The average Bonchev–Trinajstić information content (AvgIpc) is 2.88. The van der Waals surface area contributed by atoms with Crippen LogP contribution in [0.3, 0.4) is 0 Å². The van der Waals surface area contributed by atoms with E-state index in [1.54, 1.807) is 10.7 Å². The van der Waals surface area contributed by atoms with E-state index in [4.69, 9.17) is 4.74 Å². The number of carboxylic acids is 1. The van der Waals surface area contributed by atoms with Gasteiger partial charge in [-0.1, -0.05) is 0 Å². The van der Waals surface area contributed by atoms with E-state index in [-0.39, 0.29) is 11.7 Å². The summed E-state index contributed by atoms with van der Waals surface area (Å²) >= 11 is 0. The van der Waals surface area contributed by atoms with E-state index in [9.17, 15) is 9.90 Å². The highest BCUT2D eigenvalue weighted by Crippen LogP contribution is 2.30. The van der Waals surface area contributed by atoms with Crippen molar-refractivity contribution < 1.29 is 14.6 Å². The fourth-order valence-corrected chi connectivity index (χ4v) is 2.46. The van der Waals surface area contributed by atoms with Crippen molar-refractivity contribution in [1.82, 2.24) is 9.78 Å². The molecule has 0 atom stereocenters. The molecule has 0 fully saturated rings. The van der Waals surface area contributed by atoms with E-state index < -0.39 is 5.97 Å². The minimum absolute atomic E-state index is 0.0102. The predicted octanol–water partition coefficient (Wildman–Crippen LogP) is 3.84. The quantitative estimate of drug-likeness (QED) is 0.911. The number of aromatic nitrogens is 2. The van der Waals surface area contributed by atoms with Crippen molar-refractivity contribution >= 4 is 5.97 Å². The molecule has 0 amide bonds. The lowest BCUT2D eigenvalue weighted by Gasteiger charge is -2.11. The Kier molecular flexibility index (Phi) is 4.54. The molecule has 0 unspecified atom stereocenters. The molecule has 5 nitrogen and oxygen atoms in total. The molecule has 0 aliphatic rings. The fraction of sp³-hybridized carbons (Fsp3) is 0.412. The molecule has 0 aliphatic carbocycles. The molecule has 0 radical (unpaired) electrons. The second-order valence-electron chi connectivity index (χ2n) is 5.62. The van der Waals surface area contributed by atoms with Crippen molar-refractivity contribution in [3.8, 4) is 17.0 Å². The molecule has 0 spiro atoms. The summed E-state index contributed by atoms with van der Waals surface area (Å²) in [6.07, 6.45) is 0. The zero-order chi connectivity index (χ0) is 16.4. The number of ether oxygens (including phenoxy) is 1. The molecule has 5 heteroatoms. The first-order valence-electron chi connectivity index (χ1n) is 7.42. The number of aromatic carboxylic acids is 1. The summed E-state index contributed by atoms with van der Waals surface area (Å²) in [6.45, 7) is 10.4. The van der Waals surface area contributed by atoms with Crippen LogP contribution in [0.1, 0.15) is 48.4 Å². The SMILES string of the molecule is CCOc1cc(C)c(-c2cc(C(=O)O)n(C(C)C)n2)cc1C. The lowest BCUT2D eigenvalue weighted by molar-refractivity contribution is 0.0681. The minimum Gasteiger partial charge on any atom is -0.494 e. The number of benzene rings is 1. The zero-order valence-corrected chi connectivity index (χ0v) is 13.7. The van der Waals surface area contributed by atoms with Crippen LogP contribution >= 0.6 is 0 Å². The maximum Gasteiger partial charge on any atom is 0.354 e. The highest BCUT2D eigenvalue weighted by Gasteiger charge is 2.18. The normalized spacial score (nSPS) is 11.0. The van der Waals surface area contributed by atoms with E-state index >= 15 is 0 Å². The number of carboxylic acid groups (broad SMARTS) is 1. The molecular weight excluding hydrogens is 280 g/mol. The Morgan fingerprint density at radius 1 is 1.27 bits per heavy atom. The maximum atomic E-state index is 11.4. The molecule has 0 saturated heterocycles. The van der Waals surface area contributed by atoms with Crippen LogP contribution in [-0.4, -0.2) is 27.5 Å². The summed E-state index contributed by atoms with van der Waals surface area (Å²) in [5.74, 6) is -0.113. The molecular formula is C17H22N2O3. The molecule has 2 rings (SSSR count). The topological polar surface area (TPSA) is 64.3 Å². The van der Waals surface area contributed by atoms with Crippen molar-refractivity contribution in [2.45, 2.75) is 40.7 Å². The van der Waals surface area contributed by atoms with Gasteiger partial charge in [0.15, 0.2) is 0 Å². The second-order valence-corrected chi connectivity index (χ2v) is 5.62. The van der Waals surface area contributed by atoms with E-state index in [0.29, 0.717) is 12.3 Å². The third-order valence-corrected chi connectivity index (χ3v) is 3.54. The van der Waals surface area contributed by atoms with Crippen LogP contribution in [0.4, 0.5) is 0 Å². The van der Waals surface area contributed by atoms with Gasteiger partial charge in [0.2, 0.25) is 0 Å². The Balaban J connectivity index is 2.55. The summed E-state index contributed by atoms with van der Waals surface area (Å²) in [5, 5.41) is 13.8. The van der Waals surface area contributed by atoms with Crippen LogP contribution in [0, 0.1) is 13.8 Å². The van der Waals surface area contributed by atoms with Crippen LogP contribution in [0.25, 0.3) is 11.3 Å². The van der Waals surface area contributed by atoms with Crippen LogP contribution in [0.2, 0.25) is 0 Å². The number of hydrogen-bond donors (Lipinski definition) is 1. The largest absolute Gasteiger partial charge is 0.494 e. The Bertz CT molecular complexity index is 702. The first-order chi connectivity index (χ1) is 10.3. The lowest BCUT2D eigenvalue weighted by Crippen LogP contribution is -2.11. The first kappa shape index (κ1) is 16.1. The third-order valence-electron chi connectivity index (χ3n) is 3.54. The standard InChI is InChI=1S/C17H22N2O3/c1-6-22-16-8-11(4)13(7-12(16)5)14-9-15(17(20)21)19(18-14)10(2)3/h7-10H,6H2,1-5H3,(H,20,21). The molecule has 0 aliphatic heterocycles. The van der Waals surface area contributed by atoms with Crippen molar-refractivity contribution in [2.24, 2.45) is 0 Å². The van der Waals surface area contributed by atoms with Gasteiger partial charge in [-0.15, -0.1) is 0 Å². The minimum atomic E-state index is -0.965. The van der Waals surface area contributed by atoms with Gasteiger partial charge in [0.1, 0.15) is 11.4 Å². The van der Waals surface area contributed by atoms with Crippen molar-refractivity contribution in [1.29, 1.82) is 0 Å². The van der Waals surface area contributed by atoms with Crippen LogP contribution in [0.15, 0.2) is 18.2 Å². The first-order valence-corrected chi connectivity index (χ1v) is 7.42. The van der Waals surface area contributed by atoms with Crippen molar-refractivity contribution in [3.63, 3.8) is 0 Å². The van der Waals surface area contributed by atoms with Gasteiger partial charge >= 0.3 is 5.97 Å². The highest BCUT2D eigenvalue weighted by molar-refractivity contribution is 5.87. The lowest BCUT2D eigenvalue weighted by atomic mass is 10.0. The fourth-order valence-electron chi connectivity index (χ4n) is 2.46. The van der Waals surface area contributed by atoms with E-state index in [1.807, 2.05) is 46.8 Å². The van der Waals surface area contributed by atoms with Crippen LogP contribution in [0.5, 0.6) is 5.75 Å². The molecule has 0 bridgehead atoms. The van der Waals surface area contributed by atoms with Crippen LogP contribution < -0.4 is 4.74 Å². The van der Waals surface area contributed by atoms with Crippen molar-refractivity contribution in [3.05, 3.63) is 35.0 Å². The summed E-state index contributed by atoms with van der Waals surface area (Å²) in [5.41, 5.74) is 3.84. The molecule has 1 heterocycles. The third kappa shape index (κ3) is 2.98. The van der Waals surface area contributed by atoms with Gasteiger partial charge in [-0.3, -0.25) is 4.68 Å².